The Hall–Kier alpha value is -0.480. The molecule has 0 bridgehead atoms. The Bertz CT molecular complexity index is 582. The molecule has 0 saturated carbocycles. The summed E-state index contributed by atoms with van der Waals surface area (Å²) in [5.74, 6) is 0. The largest absolute Gasteiger partial charge is 0.361 e. The van der Waals surface area contributed by atoms with Gasteiger partial charge in [-0.15, -0.1) is 0 Å². The topological polar surface area (TPSA) is 71.1 Å². The van der Waals surface area contributed by atoms with E-state index in [-0.39, 0.29) is 6.42 Å². The van der Waals surface area contributed by atoms with Gasteiger partial charge in [0.05, 0.1) is 5.66 Å². The summed E-state index contributed by atoms with van der Waals surface area (Å²) >= 11 is 0. The summed E-state index contributed by atoms with van der Waals surface area (Å²) in [6, 6.07) is 9.24. The molecule has 1 fully saturated rings. The molecule has 8 heteroatoms. The van der Waals surface area contributed by atoms with Crippen LogP contribution in [0.5, 0.6) is 0 Å². The van der Waals surface area contributed by atoms with Crippen LogP contribution in [0.15, 0.2) is 30.3 Å². The van der Waals surface area contributed by atoms with E-state index in [1.54, 1.807) is 6.92 Å². The number of hydrogen-bond donors (Lipinski definition) is 0. The van der Waals surface area contributed by atoms with Crippen molar-refractivity contribution >= 4 is 15.2 Å². The second kappa shape index (κ2) is 5.96. The summed E-state index contributed by atoms with van der Waals surface area (Å²) in [7, 11) is -3.13. The predicted molar refractivity (Wildman–Crippen MR) is 79.5 cm³/mol. The fraction of sp³-hybridized carbons (Fsp3) is 0.538. The van der Waals surface area contributed by atoms with Gasteiger partial charge in [0.2, 0.25) is 0 Å². The van der Waals surface area contributed by atoms with Crippen molar-refractivity contribution in [3.8, 4) is 0 Å². The van der Waals surface area contributed by atoms with E-state index in [1.165, 1.54) is 21.3 Å². The Labute approximate surface area is 124 Å². The van der Waals surface area contributed by atoms with E-state index in [1.807, 2.05) is 30.3 Å². The van der Waals surface area contributed by atoms with Crippen molar-refractivity contribution in [1.29, 1.82) is 0 Å². The van der Waals surface area contributed by atoms with E-state index in [0.717, 1.165) is 5.56 Å². The monoisotopic (exact) mass is 334 g/mol. The molecule has 1 heterocycles. The van der Waals surface area contributed by atoms with Crippen LogP contribution in [-0.4, -0.2) is 26.7 Å². The molecule has 1 aromatic carbocycles. The molecule has 3 unspecified atom stereocenters. The molecule has 21 heavy (non-hydrogen) atoms. The third kappa shape index (κ3) is 2.77. The molecule has 0 N–H and O–H groups in total. The van der Waals surface area contributed by atoms with Crippen molar-refractivity contribution in [3.63, 3.8) is 0 Å². The highest BCUT2D eigenvalue weighted by Crippen LogP contribution is 2.79. The summed E-state index contributed by atoms with van der Waals surface area (Å²) in [4.78, 5) is 0. The Morgan fingerprint density at radius 3 is 2.29 bits per heavy atom. The zero-order valence-corrected chi connectivity index (χ0v) is 14.3. The first kappa shape index (κ1) is 16.9. The minimum atomic E-state index is -3.57. The Kier molecular flexibility index (Phi) is 4.79. The van der Waals surface area contributed by atoms with Gasteiger partial charge < -0.3 is 13.6 Å². The van der Waals surface area contributed by atoms with Gasteiger partial charge in [-0.05, 0) is 12.5 Å². The Balaban J connectivity index is 2.46. The quantitative estimate of drug-likeness (QED) is 0.752. The molecular weight excluding hydrogens is 314 g/mol. The first-order valence-corrected chi connectivity index (χ1v) is 9.62. The van der Waals surface area contributed by atoms with Crippen LogP contribution in [0.2, 0.25) is 0 Å². The minimum Gasteiger partial charge on any atom is -0.311 e. The zero-order valence-electron chi connectivity index (χ0n) is 12.5. The average Bonchev–Trinajstić information content (AvgIpc) is 2.81. The Morgan fingerprint density at radius 2 is 1.81 bits per heavy atom. The summed E-state index contributed by atoms with van der Waals surface area (Å²) < 4.78 is 46.5. The minimum absolute atomic E-state index is 0.223. The second-order valence-corrected chi connectivity index (χ2v) is 9.90. The smallest absolute Gasteiger partial charge is 0.311 e. The molecule has 118 valence electrons. The maximum absolute atomic E-state index is 12.9. The van der Waals surface area contributed by atoms with Crippen molar-refractivity contribution in [2.24, 2.45) is 0 Å². The zero-order chi connectivity index (χ0) is 15.7. The second-order valence-electron chi connectivity index (χ2n) is 4.98. The van der Waals surface area contributed by atoms with Gasteiger partial charge in [0.25, 0.3) is 0 Å². The summed E-state index contributed by atoms with van der Waals surface area (Å²) in [6.07, 6.45) is 0.223. The van der Waals surface area contributed by atoms with Gasteiger partial charge in [-0.1, -0.05) is 30.3 Å². The molecule has 0 aromatic heterocycles. The third-order valence-electron chi connectivity index (χ3n) is 3.78. The molecule has 1 aromatic rings. The van der Waals surface area contributed by atoms with E-state index in [9.17, 15) is 9.13 Å². The van der Waals surface area contributed by atoms with E-state index in [4.69, 9.17) is 18.1 Å². The van der Waals surface area contributed by atoms with Crippen LogP contribution in [0.25, 0.3) is 0 Å². The molecule has 1 aliphatic rings. The van der Waals surface area contributed by atoms with Crippen molar-refractivity contribution in [2.45, 2.75) is 24.3 Å². The van der Waals surface area contributed by atoms with Crippen molar-refractivity contribution in [1.82, 2.24) is 0 Å². The van der Waals surface area contributed by atoms with Gasteiger partial charge >= 0.3 is 15.2 Å². The molecule has 0 amide bonds. The van der Waals surface area contributed by atoms with E-state index >= 15 is 0 Å². The third-order valence-corrected chi connectivity index (χ3v) is 8.73. The highest BCUT2D eigenvalue weighted by Gasteiger charge is 2.62. The van der Waals surface area contributed by atoms with Crippen LogP contribution < -0.4 is 0 Å². The molecule has 6 nitrogen and oxygen atoms in total. The maximum Gasteiger partial charge on any atom is 0.361 e. The van der Waals surface area contributed by atoms with E-state index in [0.29, 0.717) is 0 Å². The number of hydrogen-bond acceptors (Lipinski definition) is 6. The van der Waals surface area contributed by atoms with Crippen molar-refractivity contribution < 1.29 is 27.2 Å². The average molecular weight is 334 g/mol. The normalized spacial score (nSPS) is 33.2. The lowest BCUT2D eigenvalue weighted by Crippen LogP contribution is -2.24. The fourth-order valence-corrected chi connectivity index (χ4v) is 7.01. The molecule has 2 rings (SSSR count). The molecule has 1 aliphatic heterocycles. The predicted octanol–water partition coefficient (Wildman–Crippen LogP) is 4.19. The van der Waals surface area contributed by atoms with Crippen LogP contribution in [0.1, 0.15) is 24.6 Å². The van der Waals surface area contributed by atoms with Crippen LogP contribution >= 0.6 is 15.2 Å². The first-order valence-electron chi connectivity index (χ1n) is 6.47. The molecule has 0 aliphatic carbocycles. The van der Waals surface area contributed by atoms with Gasteiger partial charge in [0.1, 0.15) is 0 Å². The van der Waals surface area contributed by atoms with Gasteiger partial charge in [-0.2, -0.15) is 0 Å². The molecule has 0 radical (unpaired) electrons. The molecule has 0 spiro atoms. The van der Waals surface area contributed by atoms with Crippen LogP contribution in [0.3, 0.4) is 0 Å². The Morgan fingerprint density at radius 1 is 1.24 bits per heavy atom. The summed E-state index contributed by atoms with van der Waals surface area (Å²) in [5.41, 5.74) is 0.303. The van der Waals surface area contributed by atoms with Gasteiger partial charge in [0.15, 0.2) is 5.34 Å². The lowest BCUT2D eigenvalue weighted by atomic mass is 10.1. The lowest BCUT2D eigenvalue weighted by molar-refractivity contribution is 0.119. The van der Waals surface area contributed by atoms with Crippen molar-refractivity contribution in [2.75, 3.05) is 21.3 Å². The van der Waals surface area contributed by atoms with Crippen LogP contribution in [-0.2, 0) is 27.2 Å². The summed E-state index contributed by atoms with van der Waals surface area (Å²) in [6.45, 7) is 1.58. The lowest BCUT2D eigenvalue weighted by Gasteiger charge is -2.29. The fourth-order valence-electron chi connectivity index (χ4n) is 2.61. The highest BCUT2D eigenvalue weighted by molar-refractivity contribution is 7.59. The SMILES string of the molecule is COP1(=O)OC(C)(P(=O)(OC)OC)CC1c1ccccc1. The first-order chi connectivity index (χ1) is 9.84. The van der Waals surface area contributed by atoms with Crippen molar-refractivity contribution in [3.05, 3.63) is 35.9 Å². The molecule has 1 saturated heterocycles. The van der Waals surface area contributed by atoms with E-state index in [2.05, 4.69) is 0 Å². The van der Waals surface area contributed by atoms with E-state index < -0.39 is 26.2 Å². The van der Waals surface area contributed by atoms with Crippen LogP contribution in [0, 0.1) is 0 Å². The highest BCUT2D eigenvalue weighted by atomic mass is 31.2. The number of rotatable bonds is 5. The van der Waals surface area contributed by atoms with Gasteiger partial charge in [-0.25, -0.2) is 0 Å². The maximum atomic E-state index is 12.9. The number of benzene rings is 1. The van der Waals surface area contributed by atoms with Gasteiger partial charge in [-0.3, -0.25) is 13.7 Å². The summed E-state index contributed by atoms with van der Waals surface area (Å²) in [5, 5.41) is -1.32. The molecule has 3 atom stereocenters. The molecular formula is C13H20O6P2. The van der Waals surface area contributed by atoms with Crippen LogP contribution in [0.4, 0.5) is 0 Å². The van der Waals surface area contributed by atoms with Gasteiger partial charge in [0, 0.05) is 27.8 Å². The standard InChI is InChI=1S/C13H20O6P2/c1-13(21(15,17-3)18-4)10-12(20(14,16-2)19-13)11-8-6-5-7-9-11/h5-9,12H,10H2,1-4H3.